The van der Waals surface area contributed by atoms with Gasteiger partial charge in [0.2, 0.25) is 0 Å². The summed E-state index contributed by atoms with van der Waals surface area (Å²) in [5, 5.41) is 12.0. The Morgan fingerprint density at radius 3 is 2.30 bits per heavy atom. The first-order valence-corrected chi connectivity index (χ1v) is 10.5. The number of thioether (sulfide) groups is 1. The number of non-ortho nitro benzene ring substituents is 1. The first-order valence-electron chi connectivity index (χ1n) is 9.54. The number of hydrogen-bond donors (Lipinski definition) is 0. The second-order valence-electron chi connectivity index (χ2n) is 6.78. The molecular weight excluding hydrogens is 398 g/mol. The molecule has 1 heterocycles. The van der Waals surface area contributed by atoms with Gasteiger partial charge in [0.15, 0.2) is 5.16 Å². The highest BCUT2D eigenvalue weighted by atomic mass is 32.2. The maximum atomic E-state index is 13.3. The summed E-state index contributed by atoms with van der Waals surface area (Å²) >= 11 is 1.43. The van der Waals surface area contributed by atoms with Crippen molar-refractivity contribution in [2.75, 3.05) is 0 Å². The summed E-state index contributed by atoms with van der Waals surface area (Å²) in [5.74, 6) is 0.538. The van der Waals surface area contributed by atoms with E-state index in [1.807, 2.05) is 42.5 Å². The van der Waals surface area contributed by atoms with Crippen molar-refractivity contribution < 1.29 is 4.92 Å². The molecule has 0 saturated heterocycles. The highest BCUT2D eigenvalue weighted by molar-refractivity contribution is 7.98. The van der Waals surface area contributed by atoms with Gasteiger partial charge in [-0.25, -0.2) is 4.98 Å². The Labute approximate surface area is 177 Å². The molecule has 30 heavy (non-hydrogen) atoms. The van der Waals surface area contributed by atoms with Crippen LogP contribution in [0.15, 0.2) is 82.7 Å². The first kappa shape index (κ1) is 19.8. The molecule has 0 atom stereocenters. The fourth-order valence-corrected chi connectivity index (χ4v) is 4.15. The lowest BCUT2D eigenvalue weighted by atomic mass is 10.1. The Morgan fingerprint density at radius 1 is 0.967 bits per heavy atom. The smallest absolute Gasteiger partial charge is 0.268 e. The zero-order chi connectivity index (χ0) is 21.1. The van der Waals surface area contributed by atoms with E-state index in [2.05, 4.69) is 6.92 Å². The number of aryl methyl sites for hydroxylation is 1. The molecule has 4 rings (SSSR count). The van der Waals surface area contributed by atoms with E-state index < -0.39 is 4.92 Å². The molecule has 0 N–H and O–H groups in total. The Kier molecular flexibility index (Phi) is 5.63. The van der Waals surface area contributed by atoms with Crippen molar-refractivity contribution >= 4 is 28.4 Å². The van der Waals surface area contributed by atoms with Crippen LogP contribution >= 0.6 is 11.8 Å². The van der Waals surface area contributed by atoms with Crippen molar-refractivity contribution in [1.29, 1.82) is 0 Å². The molecule has 0 aliphatic heterocycles. The van der Waals surface area contributed by atoms with Gasteiger partial charge >= 0.3 is 0 Å². The SMILES string of the molecule is CCc1ccc(-n2c(SCc3ccc([N+](=O)[O-])cc3)nc3ccccc3c2=O)cc1. The van der Waals surface area contributed by atoms with Gasteiger partial charge < -0.3 is 0 Å². The molecule has 1 aromatic heterocycles. The molecule has 0 aliphatic rings. The largest absolute Gasteiger partial charge is 0.269 e. The van der Waals surface area contributed by atoms with Gasteiger partial charge in [0.1, 0.15) is 0 Å². The van der Waals surface area contributed by atoms with E-state index in [9.17, 15) is 14.9 Å². The van der Waals surface area contributed by atoms with Crippen LogP contribution in [-0.4, -0.2) is 14.5 Å². The number of nitro groups is 1. The molecule has 4 aromatic rings. The summed E-state index contributed by atoms with van der Waals surface area (Å²) < 4.78 is 1.64. The van der Waals surface area contributed by atoms with Gasteiger partial charge in [0, 0.05) is 17.9 Å². The van der Waals surface area contributed by atoms with Crippen LogP contribution in [0, 0.1) is 10.1 Å². The number of benzene rings is 3. The summed E-state index contributed by atoms with van der Waals surface area (Å²) in [6.07, 6.45) is 0.924. The van der Waals surface area contributed by atoms with Gasteiger partial charge in [0.05, 0.1) is 21.5 Å². The van der Waals surface area contributed by atoms with Crippen LogP contribution in [0.3, 0.4) is 0 Å². The van der Waals surface area contributed by atoms with E-state index in [0.29, 0.717) is 21.8 Å². The van der Waals surface area contributed by atoms with Crippen molar-refractivity contribution in [3.8, 4) is 5.69 Å². The predicted molar refractivity (Wildman–Crippen MR) is 119 cm³/mol. The summed E-state index contributed by atoms with van der Waals surface area (Å²) in [7, 11) is 0. The van der Waals surface area contributed by atoms with Crippen molar-refractivity contribution in [3.63, 3.8) is 0 Å². The quantitative estimate of drug-likeness (QED) is 0.188. The number of nitro benzene ring substituents is 1. The van der Waals surface area contributed by atoms with Gasteiger partial charge in [-0.15, -0.1) is 0 Å². The fourth-order valence-electron chi connectivity index (χ4n) is 3.18. The van der Waals surface area contributed by atoms with Gasteiger partial charge in [-0.05, 0) is 41.8 Å². The van der Waals surface area contributed by atoms with E-state index in [-0.39, 0.29) is 11.2 Å². The van der Waals surface area contributed by atoms with Gasteiger partial charge in [-0.3, -0.25) is 19.5 Å². The number of aromatic nitrogens is 2. The lowest BCUT2D eigenvalue weighted by Crippen LogP contribution is -2.21. The maximum absolute atomic E-state index is 13.3. The zero-order valence-corrected chi connectivity index (χ0v) is 17.1. The summed E-state index contributed by atoms with van der Waals surface area (Å²) in [5.41, 5.74) is 3.47. The molecule has 0 unspecified atom stereocenters. The third-order valence-corrected chi connectivity index (χ3v) is 5.87. The molecule has 150 valence electrons. The minimum absolute atomic E-state index is 0.0560. The van der Waals surface area contributed by atoms with Crippen LogP contribution < -0.4 is 5.56 Å². The summed E-state index contributed by atoms with van der Waals surface area (Å²) in [6.45, 7) is 2.09. The lowest BCUT2D eigenvalue weighted by molar-refractivity contribution is -0.384. The Hall–Kier alpha value is -3.45. The number of fused-ring (bicyclic) bond motifs is 1. The number of para-hydroxylation sites is 1. The average Bonchev–Trinajstić information content (AvgIpc) is 2.78. The molecule has 0 bridgehead atoms. The Balaban J connectivity index is 1.75. The van der Waals surface area contributed by atoms with E-state index in [1.165, 1.54) is 29.5 Å². The average molecular weight is 417 g/mol. The molecule has 0 spiro atoms. The van der Waals surface area contributed by atoms with Crippen molar-refractivity contribution in [2.24, 2.45) is 0 Å². The van der Waals surface area contributed by atoms with E-state index >= 15 is 0 Å². The molecule has 7 heteroatoms. The zero-order valence-electron chi connectivity index (χ0n) is 16.3. The topological polar surface area (TPSA) is 78.0 Å². The van der Waals surface area contributed by atoms with Gasteiger partial charge in [-0.2, -0.15) is 0 Å². The highest BCUT2D eigenvalue weighted by Crippen LogP contribution is 2.25. The maximum Gasteiger partial charge on any atom is 0.269 e. The predicted octanol–water partition coefficient (Wildman–Crippen LogP) is 5.15. The Bertz CT molecular complexity index is 1270. The molecule has 0 fully saturated rings. The summed E-state index contributed by atoms with van der Waals surface area (Å²) in [6, 6.07) is 21.6. The number of hydrogen-bond acceptors (Lipinski definition) is 5. The van der Waals surface area contributed by atoms with Crippen LogP contribution in [0.5, 0.6) is 0 Å². The fraction of sp³-hybridized carbons (Fsp3) is 0.130. The van der Waals surface area contributed by atoms with Crippen LogP contribution in [0.2, 0.25) is 0 Å². The second kappa shape index (κ2) is 8.51. The highest BCUT2D eigenvalue weighted by Gasteiger charge is 2.14. The van der Waals surface area contributed by atoms with Crippen LogP contribution in [-0.2, 0) is 12.2 Å². The number of rotatable bonds is 6. The minimum atomic E-state index is -0.417. The lowest BCUT2D eigenvalue weighted by Gasteiger charge is -2.13. The normalized spacial score (nSPS) is 11.0. The number of nitrogens with zero attached hydrogens (tertiary/aromatic N) is 3. The Morgan fingerprint density at radius 2 is 1.63 bits per heavy atom. The molecule has 6 nitrogen and oxygen atoms in total. The van der Waals surface area contributed by atoms with Crippen molar-refractivity contribution in [1.82, 2.24) is 9.55 Å². The van der Waals surface area contributed by atoms with Crippen LogP contribution in [0.1, 0.15) is 18.1 Å². The third-order valence-electron chi connectivity index (χ3n) is 4.86. The minimum Gasteiger partial charge on any atom is -0.268 e. The third kappa shape index (κ3) is 3.97. The van der Waals surface area contributed by atoms with E-state index in [0.717, 1.165) is 17.7 Å². The molecule has 3 aromatic carbocycles. The molecule has 0 amide bonds. The van der Waals surface area contributed by atoms with E-state index in [1.54, 1.807) is 22.8 Å². The molecular formula is C23H19N3O3S. The van der Waals surface area contributed by atoms with Gasteiger partial charge in [0.25, 0.3) is 11.2 Å². The van der Waals surface area contributed by atoms with E-state index in [4.69, 9.17) is 4.98 Å². The van der Waals surface area contributed by atoms with Crippen LogP contribution in [0.4, 0.5) is 5.69 Å². The monoisotopic (exact) mass is 417 g/mol. The van der Waals surface area contributed by atoms with Crippen molar-refractivity contribution in [2.45, 2.75) is 24.3 Å². The second-order valence-corrected chi connectivity index (χ2v) is 7.73. The first-order chi connectivity index (χ1) is 14.6. The molecule has 0 radical (unpaired) electrons. The summed E-state index contributed by atoms with van der Waals surface area (Å²) in [4.78, 5) is 28.4. The van der Waals surface area contributed by atoms with Crippen molar-refractivity contribution in [3.05, 3.63) is 104 Å². The van der Waals surface area contributed by atoms with Crippen LogP contribution in [0.25, 0.3) is 16.6 Å². The standard InChI is InChI=1S/C23H19N3O3S/c1-2-16-7-11-18(12-8-16)25-22(27)20-5-3-4-6-21(20)24-23(25)30-15-17-9-13-19(14-10-17)26(28)29/h3-14H,2,15H2,1H3. The molecule has 0 aliphatic carbocycles. The molecule has 0 saturated carbocycles. The van der Waals surface area contributed by atoms with Gasteiger partial charge in [-0.1, -0.05) is 55.1 Å².